The van der Waals surface area contributed by atoms with E-state index >= 15 is 0 Å². The van der Waals surface area contributed by atoms with Gasteiger partial charge in [0.2, 0.25) is 5.95 Å². The molecule has 0 saturated carbocycles. The number of benzene rings is 10. The molecule has 0 aliphatic rings. The van der Waals surface area contributed by atoms with Crippen LogP contribution in [0.2, 0.25) is 0 Å². The summed E-state index contributed by atoms with van der Waals surface area (Å²) < 4.78 is 7.04. The fraction of sp³-hybridized carbons (Fsp3) is 0. The monoisotopic (exact) mass is 880 g/mol. The summed E-state index contributed by atoms with van der Waals surface area (Å²) in [7, 11) is 0. The Kier molecular flexibility index (Phi) is 8.79. The lowest BCUT2D eigenvalue weighted by molar-refractivity contribution is 0.953. The van der Waals surface area contributed by atoms with Gasteiger partial charge in [-0.2, -0.15) is 9.97 Å². The summed E-state index contributed by atoms with van der Waals surface area (Å²) in [5.74, 6) is 1.75. The second-order valence-electron chi connectivity index (χ2n) is 17.6. The normalized spacial score (nSPS) is 11.8. The van der Waals surface area contributed by atoms with Gasteiger partial charge in [0.25, 0.3) is 0 Å². The predicted molar refractivity (Wildman–Crippen MR) is 285 cm³/mol. The van der Waals surface area contributed by atoms with Crippen molar-refractivity contribution in [1.29, 1.82) is 0 Å². The number of hydrogen-bond acceptors (Lipinski definition) is 3. The first-order valence-corrected chi connectivity index (χ1v) is 23.4. The molecule has 322 valence electrons. The fourth-order valence-corrected chi connectivity index (χ4v) is 10.6. The van der Waals surface area contributed by atoms with Crippen molar-refractivity contribution in [2.24, 2.45) is 0 Å². The second kappa shape index (κ2) is 15.6. The zero-order chi connectivity index (χ0) is 45.4. The maximum atomic E-state index is 5.50. The SMILES string of the molecule is c1ccc(-c2cccc(-c3cccc(-n4c5ccccc5c5ccc6c7ccccc7n(-c7nc(-c8ccccc8)nc(-c8ccc9c(c8)c8ccccc8n9-c8ccccc8)n7)c6c54)c3)c2)cc1. The van der Waals surface area contributed by atoms with Crippen molar-refractivity contribution in [3.63, 3.8) is 0 Å². The Morgan fingerprint density at radius 3 is 1.35 bits per heavy atom. The van der Waals surface area contributed by atoms with E-state index in [-0.39, 0.29) is 0 Å². The molecule has 69 heavy (non-hydrogen) atoms. The molecule has 4 aromatic heterocycles. The molecule has 0 N–H and O–H groups in total. The molecule has 14 aromatic rings. The van der Waals surface area contributed by atoms with E-state index in [9.17, 15) is 0 Å². The number of para-hydroxylation sites is 4. The lowest BCUT2D eigenvalue weighted by Crippen LogP contribution is -2.07. The summed E-state index contributed by atoms with van der Waals surface area (Å²) >= 11 is 0. The van der Waals surface area contributed by atoms with Crippen molar-refractivity contribution < 1.29 is 0 Å². The van der Waals surface area contributed by atoms with Crippen molar-refractivity contribution in [1.82, 2.24) is 28.7 Å². The van der Waals surface area contributed by atoms with Crippen LogP contribution < -0.4 is 0 Å². The minimum atomic E-state index is 0.549. The molecule has 0 saturated heterocycles. The zero-order valence-electron chi connectivity index (χ0n) is 37.3. The highest BCUT2D eigenvalue weighted by molar-refractivity contribution is 6.23. The Morgan fingerprint density at radius 1 is 0.232 bits per heavy atom. The third kappa shape index (κ3) is 6.23. The molecule has 0 radical (unpaired) electrons. The van der Waals surface area contributed by atoms with Crippen LogP contribution in [0.15, 0.2) is 243 Å². The maximum absolute atomic E-state index is 5.50. The van der Waals surface area contributed by atoms with Gasteiger partial charge in [-0.05, 0) is 89.0 Å². The van der Waals surface area contributed by atoms with Crippen LogP contribution in [0.3, 0.4) is 0 Å². The number of aromatic nitrogens is 6. The molecule has 0 amide bonds. The molecule has 0 spiro atoms. The lowest BCUT2D eigenvalue weighted by Gasteiger charge is -2.14. The highest BCUT2D eigenvalue weighted by Gasteiger charge is 2.24. The smallest absolute Gasteiger partial charge is 0.238 e. The Labute approximate surface area is 397 Å². The van der Waals surface area contributed by atoms with Crippen molar-refractivity contribution in [3.05, 3.63) is 243 Å². The first-order valence-electron chi connectivity index (χ1n) is 23.4. The summed E-state index contributed by atoms with van der Waals surface area (Å²) in [4.78, 5) is 16.2. The van der Waals surface area contributed by atoms with Crippen LogP contribution in [-0.4, -0.2) is 28.7 Å². The summed E-state index contributed by atoms with van der Waals surface area (Å²) in [6, 6.07) is 86.3. The molecular weight excluding hydrogens is 841 g/mol. The number of fused-ring (bicyclic) bond motifs is 10. The van der Waals surface area contributed by atoms with Gasteiger partial charge in [-0.15, -0.1) is 0 Å². The van der Waals surface area contributed by atoms with Gasteiger partial charge in [0.1, 0.15) is 0 Å². The Bertz CT molecular complexity index is 4300. The minimum absolute atomic E-state index is 0.549. The van der Waals surface area contributed by atoms with Gasteiger partial charge in [0, 0.05) is 54.8 Å². The third-order valence-corrected chi connectivity index (χ3v) is 13.7. The van der Waals surface area contributed by atoms with Crippen LogP contribution in [0.4, 0.5) is 0 Å². The zero-order valence-corrected chi connectivity index (χ0v) is 37.3. The highest BCUT2D eigenvalue weighted by atomic mass is 15.2. The molecule has 0 aliphatic heterocycles. The molecule has 4 heterocycles. The van der Waals surface area contributed by atoms with E-state index in [1.54, 1.807) is 0 Å². The minimum Gasteiger partial charge on any atom is -0.309 e. The molecule has 0 bridgehead atoms. The number of nitrogens with zero attached hydrogens (tertiary/aromatic N) is 6. The molecule has 14 rings (SSSR count). The maximum Gasteiger partial charge on any atom is 0.238 e. The van der Waals surface area contributed by atoms with E-state index in [0.717, 1.165) is 88.3 Å². The topological polar surface area (TPSA) is 53.5 Å². The van der Waals surface area contributed by atoms with E-state index in [1.165, 1.54) is 21.9 Å². The molecule has 0 aliphatic carbocycles. The van der Waals surface area contributed by atoms with Crippen LogP contribution in [0.25, 0.3) is 128 Å². The van der Waals surface area contributed by atoms with Gasteiger partial charge in [0.15, 0.2) is 11.6 Å². The molecule has 0 atom stereocenters. The van der Waals surface area contributed by atoms with Crippen LogP contribution in [0.5, 0.6) is 0 Å². The van der Waals surface area contributed by atoms with E-state index in [1.807, 2.05) is 18.2 Å². The summed E-state index contributed by atoms with van der Waals surface area (Å²) in [5, 5.41) is 6.86. The molecule has 10 aromatic carbocycles. The molecule has 0 unspecified atom stereocenters. The number of rotatable bonds is 7. The van der Waals surface area contributed by atoms with Crippen LogP contribution in [-0.2, 0) is 0 Å². The van der Waals surface area contributed by atoms with Gasteiger partial charge in [-0.3, -0.25) is 4.57 Å². The van der Waals surface area contributed by atoms with Crippen LogP contribution in [0.1, 0.15) is 0 Å². The molecule has 0 fully saturated rings. The Morgan fingerprint density at radius 2 is 0.681 bits per heavy atom. The van der Waals surface area contributed by atoms with Crippen molar-refractivity contribution in [3.8, 4) is 62.4 Å². The molecule has 6 heteroatoms. The van der Waals surface area contributed by atoms with Gasteiger partial charge in [-0.25, -0.2) is 4.98 Å². The standard InChI is InChI=1S/C63H40N6/c1-4-18-41(19-5-1)43-22-16-23-44(38-43)45-24-17-27-48(39-45)68-56-32-14-10-28-49(56)52-35-36-53-50-29-11-15-33-57(50)69(60(53)59(52)68)63-65-61(42-20-6-2-7-21-42)64-62(66-63)46-34-37-58-54(40-46)51-30-12-13-31-55(51)67(58)47-25-8-3-9-26-47/h1-40H. The van der Waals surface area contributed by atoms with Gasteiger partial charge < -0.3 is 9.13 Å². The van der Waals surface area contributed by atoms with Crippen molar-refractivity contribution in [2.45, 2.75) is 0 Å². The Balaban J connectivity index is 1.03. The van der Waals surface area contributed by atoms with Gasteiger partial charge in [-0.1, -0.05) is 176 Å². The quantitative estimate of drug-likeness (QED) is 0.160. The van der Waals surface area contributed by atoms with Crippen LogP contribution in [0, 0.1) is 0 Å². The predicted octanol–water partition coefficient (Wildman–Crippen LogP) is 15.8. The average Bonchev–Trinajstić information content (AvgIpc) is 4.07. The van der Waals surface area contributed by atoms with E-state index in [4.69, 9.17) is 15.0 Å². The number of hydrogen-bond donors (Lipinski definition) is 0. The molecule has 6 nitrogen and oxygen atoms in total. The first kappa shape index (κ1) is 38.8. The summed E-state index contributed by atoms with van der Waals surface area (Å²) in [6.45, 7) is 0. The van der Waals surface area contributed by atoms with Crippen molar-refractivity contribution in [2.75, 3.05) is 0 Å². The first-order chi connectivity index (χ1) is 34.2. The van der Waals surface area contributed by atoms with E-state index < -0.39 is 0 Å². The highest BCUT2D eigenvalue weighted by Crippen LogP contribution is 2.43. The molecular formula is C63H40N6. The lowest BCUT2D eigenvalue weighted by atomic mass is 9.99. The largest absolute Gasteiger partial charge is 0.309 e. The van der Waals surface area contributed by atoms with Gasteiger partial charge in [0.05, 0.1) is 33.1 Å². The van der Waals surface area contributed by atoms with Crippen molar-refractivity contribution >= 4 is 65.4 Å². The fourth-order valence-electron chi connectivity index (χ4n) is 10.6. The third-order valence-electron chi connectivity index (χ3n) is 13.7. The van der Waals surface area contributed by atoms with Crippen LogP contribution >= 0.6 is 0 Å². The van der Waals surface area contributed by atoms with Gasteiger partial charge >= 0.3 is 0 Å². The Hall–Kier alpha value is -9.39. The average molecular weight is 881 g/mol. The van der Waals surface area contributed by atoms with E-state index in [0.29, 0.717) is 17.6 Å². The summed E-state index contributed by atoms with van der Waals surface area (Å²) in [5.41, 5.74) is 15.2. The summed E-state index contributed by atoms with van der Waals surface area (Å²) in [6.07, 6.45) is 0. The van der Waals surface area contributed by atoms with E-state index in [2.05, 4.69) is 238 Å². The second-order valence-corrected chi connectivity index (χ2v) is 17.6.